The minimum absolute atomic E-state index is 0.160. The zero-order chi connectivity index (χ0) is 15.6. The van der Waals surface area contributed by atoms with Gasteiger partial charge in [-0.3, -0.25) is 14.5 Å². The summed E-state index contributed by atoms with van der Waals surface area (Å²) < 4.78 is 0. The monoisotopic (exact) mass is 303 g/mol. The van der Waals surface area contributed by atoms with Crippen LogP contribution in [0.1, 0.15) is 53.5 Å². The average Bonchev–Trinajstić information content (AvgIpc) is 2.71. The number of allylic oxidation sites excluding steroid dienone is 1. The molecular formula is C17H21NO2S. The van der Waals surface area contributed by atoms with E-state index in [-0.39, 0.29) is 17.9 Å². The number of amides is 2. The van der Waals surface area contributed by atoms with E-state index in [2.05, 4.69) is 6.92 Å². The highest BCUT2D eigenvalue weighted by Crippen LogP contribution is 2.32. The van der Waals surface area contributed by atoms with Gasteiger partial charge in [-0.25, -0.2) is 0 Å². The smallest absolute Gasteiger partial charge is 0.262 e. The maximum Gasteiger partial charge on any atom is 0.262 e. The van der Waals surface area contributed by atoms with Gasteiger partial charge in [0.25, 0.3) is 11.8 Å². The first kappa shape index (κ1) is 15.8. The summed E-state index contributed by atoms with van der Waals surface area (Å²) in [6, 6.07) is 5.30. The third-order valence-corrected chi connectivity index (χ3v) is 4.83. The number of carbonyl (C=O) groups excluding carboxylic acids is 2. The summed E-state index contributed by atoms with van der Waals surface area (Å²) in [6.07, 6.45) is 2.74. The van der Waals surface area contributed by atoms with Crippen LogP contribution in [0.2, 0.25) is 0 Å². The van der Waals surface area contributed by atoms with Crippen molar-refractivity contribution in [3.05, 3.63) is 45.9 Å². The van der Waals surface area contributed by atoms with Crippen molar-refractivity contribution in [2.75, 3.05) is 5.75 Å². The number of rotatable bonds is 5. The van der Waals surface area contributed by atoms with Gasteiger partial charge in [0.1, 0.15) is 0 Å². The molecular weight excluding hydrogens is 282 g/mol. The Balaban J connectivity index is 2.41. The maximum atomic E-state index is 12.7. The minimum atomic E-state index is -0.169. The van der Waals surface area contributed by atoms with E-state index in [9.17, 15) is 9.59 Å². The highest BCUT2D eigenvalue weighted by molar-refractivity contribution is 8.03. The van der Waals surface area contributed by atoms with Gasteiger partial charge in [0.2, 0.25) is 0 Å². The molecule has 3 nitrogen and oxygen atoms in total. The van der Waals surface area contributed by atoms with Gasteiger partial charge in [-0.15, -0.1) is 11.8 Å². The van der Waals surface area contributed by atoms with Gasteiger partial charge in [-0.2, -0.15) is 0 Å². The van der Waals surface area contributed by atoms with Crippen molar-refractivity contribution in [2.45, 2.75) is 40.2 Å². The third-order valence-electron chi connectivity index (χ3n) is 3.70. The van der Waals surface area contributed by atoms with Gasteiger partial charge >= 0.3 is 0 Å². The van der Waals surface area contributed by atoms with Crippen LogP contribution < -0.4 is 0 Å². The molecule has 1 atom stereocenters. The largest absolute Gasteiger partial charge is 0.269 e. The Labute approximate surface area is 130 Å². The van der Waals surface area contributed by atoms with E-state index in [1.165, 1.54) is 4.90 Å². The highest BCUT2D eigenvalue weighted by atomic mass is 32.2. The second kappa shape index (κ2) is 6.48. The summed E-state index contributed by atoms with van der Waals surface area (Å²) in [5.41, 5.74) is 2.07. The topological polar surface area (TPSA) is 37.4 Å². The van der Waals surface area contributed by atoms with Gasteiger partial charge in [0.05, 0.1) is 17.2 Å². The Kier molecular flexibility index (Phi) is 4.88. The van der Waals surface area contributed by atoms with Crippen LogP contribution in [0.4, 0.5) is 0 Å². The molecule has 2 amide bonds. The number of aryl methyl sites for hydroxylation is 1. The van der Waals surface area contributed by atoms with Crippen LogP contribution in [0.25, 0.3) is 0 Å². The number of carbonyl (C=O) groups is 2. The summed E-state index contributed by atoms with van der Waals surface area (Å²) in [7, 11) is 0. The fourth-order valence-corrected chi connectivity index (χ4v) is 3.67. The molecule has 0 radical (unpaired) electrons. The van der Waals surface area contributed by atoms with Gasteiger partial charge in [-0.1, -0.05) is 31.6 Å². The van der Waals surface area contributed by atoms with E-state index >= 15 is 0 Å². The lowest BCUT2D eigenvalue weighted by Crippen LogP contribution is -2.40. The summed E-state index contributed by atoms with van der Waals surface area (Å²) in [5.74, 6) is 0.595. The molecule has 1 aromatic carbocycles. The second-order valence-corrected chi connectivity index (χ2v) is 6.41. The molecule has 112 valence electrons. The van der Waals surface area contributed by atoms with Gasteiger partial charge in [-0.05, 0) is 38.2 Å². The Morgan fingerprint density at radius 2 is 1.90 bits per heavy atom. The molecule has 1 aromatic rings. The van der Waals surface area contributed by atoms with Crippen LogP contribution in [0, 0.1) is 6.92 Å². The molecule has 0 fully saturated rings. The molecule has 0 aliphatic carbocycles. The van der Waals surface area contributed by atoms with E-state index in [1.54, 1.807) is 17.8 Å². The first-order chi connectivity index (χ1) is 10.0. The van der Waals surface area contributed by atoms with E-state index in [0.717, 1.165) is 22.6 Å². The number of thioether (sulfide) groups is 1. The van der Waals surface area contributed by atoms with E-state index in [4.69, 9.17) is 0 Å². The van der Waals surface area contributed by atoms with E-state index < -0.39 is 0 Å². The predicted octanol–water partition coefficient (Wildman–Crippen LogP) is 4.03. The summed E-state index contributed by atoms with van der Waals surface area (Å²) in [5, 5.41) is 0. The number of imide groups is 1. The van der Waals surface area contributed by atoms with Crippen LogP contribution in [0.15, 0.2) is 29.2 Å². The highest BCUT2D eigenvalue weighted by Gasteiger charge is 2.40. The molecule has 0 aromatic heterocycles. The van der Waals surface area contributed by atoms with Gasteiger partial charge in [0.15, 0.2) is 0 Å². The second-order valence-electron chi connectivity index (χ2n) is 5.08. The van der Waals surface area contributed by atoms with Crippen molar-refractivity contribution in [3.63, 3.8) is 0 Å². The molecule has 0 bridgehead atoms. The lowest BCUT2D eigenvalue weighted by molar-refractivity contribution is 0.0609. The van der Waals surface area contributed by atoms with Crippen molar-refractivity contribution in [1.82, 2.24) is 4.90 Å². The molecule has 1 heterocycles. The van der Waals surface area contributed by atoms with Crippen LogP contribution in [-0.4, -0.2) is 28.5 Å². The Bertz CT molecular complexity index is 607. The van der Waals surface area contributed by atoms with Crippen molar-refractivity contribution >= 4 is 23.6 Å². The molecule has 1 aliphatic rings. The summed E-state index contributed by atoms with van der Waals surface area (Å²) in [6.45, 7) is 7.98. The lowest BCUT2D eigenvalue weighted by Gasteiger charge is -2.27. The molecule has 0 saturated carbocycles. The molecule has 1 aliphatic heterocycles. The standard InChI is InChI=1S/C17H21NO2S/c1-5-14(15(6-2)21-7-3)18-16(19)12-9-8-11(4)10-13(12)17(18)20/h6,8-10,14H,5,7H2,1-4H3/b15-6-. The fourth-order valence-electron chi connectivity index (χ4n) is 2.71. The zero-order valence-electron chi connectivity index (χ0n) is 13.0. The number of benzene rings is 1. The first-order valence-electron chi connectivity index (χ1n) is 7.32. The molecule has 0 N–H and O–H groups in total. The van der Waals surface area contributed by atoms with E-state index in [1.807, 2.05) is 39.0 Å². The Morgan fingerprint density at radius 3 is 2.48 bits per heavy atom. The number of hydrogen-bond acceptors (Lipinski definition) is 3. The van der Waals surface area contributed by atoms with Crippen LogP contribution >= 0.6 is 11.8 Å². The molecule has 0 spiro atoms. The third kappa shape index (κ3) is 2.77. The van der Waals surface area contributed by atoms with Crippen molar-refractivity contribution in [1.29, 1.82) is 0 Å². The molecule has 4 heteroatoms. The van der Waals surface area contributed by atoms with E-state index in [0.29, 0.717) is 11.1 Å². The number of hydrogen-bond donors (Lipinski definition) is 0. The normalized spacial score (nSPS) is 16.4. The SMILES string of the molecule is C/C=C(\SCC)C(CC)N1C(=O)c2ccc(C)cc2C1=O. The van der Waals surface area contributed by atoms with Crippen LogP contribution in [0.3, 0.4) is 0 Å². The summed E-state index contributed by atoms with van der Waals surface area (Å²) >= 11 is 1.70. The molecule has 21 heavy (non-hydrogen) atoms. The first-order valence-corrected chi connectivity index (χ1v) is 8.31. The van der Waals surface area contributed by atoms with Crippen molar-refractivity contribution in [2.24, 2.45) is 0 Å². The minimum Gasteiger partial charge on any atom is -0.269 e. The number of fused-ring (bicyclic) bond motifs is 1. The van der Waals surface area contributed by atoms with Crippen molar-refractivity contribution in [3.8, 4) is 0 Å². The quantitative estimate of drug-likeness (QED) is 0.771. The number of nitrogens with zero attached hydrogens (tertiary/aromatic N) is 1. The molecule has 1 unspecified atom stereocenters. The lowest BCUT2D eigenvalue weighted by atomic mass is 10.1. The maximum absolute atomic E-state index is 12.7. The van der Waals surface area contributed by atoms with Crippen LogP contribution in [-0.2, 0) is 0 Å². The Hall–Kier alpha value is -1.55. The molecule has 0 saturated heterocycles. The molecule has 2 rings (SSSR count). The Morgan fingerprint density at radius 1 is 1.24 bits per heavy atom. The van der Waals surface area contributed by atoms with Crippen LogP contribution in [0.5, 0.6) is 0 Å². The predicted molar refractivity (Wildman–Crippen MR) is 87.6 cm³/mol. The average molecular weight is 303 g/mol. The van der Waals surface area contributed by atoms with Gasteiger partial charge < -0.3 is 0 Å². The zero-order valence-corrected chi connectivity index (χ0v) is 13.8. The van der Waals surface area contributed by atoms with Gasteiger partial charge in [0, 0.05) is 4.91 Å². The summed E-state index contributed by atoms with van der Waals surface area (Å²) in [4.78, 5) is 27.8. The van der Waals surface area contributed by atoms with Crippen molar-refractivity contribution < 1.29 is 9.59 Å². The fraction of sp³-hybridized carbons (Fsp3) is 0.412.